The Bertz CT molecular complexity index is 297. The molecule has 0 radical (unpaired) electrons. The van der Waals surface area contributed by atoms with Crippen LogP contribution in [0.3, 0.4) is 0 Å². The molecule has 1 aromatic rings. The SMILES string of the molecule is NCC1C(c2ccccc2)C1(F)F. The molecule has 1 saturated carbocycles. The van der Waals surface area contributed by atoms with E-state index in [0.29, 0.717) is 5.56 Å². The summed E-state index contributed by atoms with van der Waals surface area (Å²) in [6.45, 7) is 0.0621. The zero-order valence-electron chi connectivity index (χ0n) is 7.08. The minimum atomic E-state index is -2.59. The molecule has 70 valence electrons. The normalized spacial score (nSPS) is 30.1. The molecule has 0 aliphatic heterocycles. The van der Waals surface area contributed by atoms with Crippen LogP contribution in [0, 0.1) is 5.92 Å². The van der Waals surface area contributed by atoms with Crippen LogP contribution in [0.1, 0.15) is 11.5 Å². The number of hydrogen-bond acceptors (Lipinski definition) is 1. The third-order valence-electron chi connectivity index (χ3n) is 2.61. The first-order valence-electron chi connectivity index (χ1n) is 4.30. The van der Waals surface area contributed by atoms with Gasteiger partial charge in [-0.3, -0.25) is 0 Å². The highest BCUT2D eigenvalue weighted by Gasteiger charge is 2.67. The molecule has 2 N–H and O–H groups in total. The van der Waals surface area contributed by atoms with Gasteiger partial charge in [0.25, 0.3) is 5.92 Å². The molecule has 0 amide bonds. The molecule has 13 heavy (non-hydrogen) atoms. The fourth-order valence-corrected chi connectivity index (χ4v) is 1.80. The lowest BCUT2D eigenvalue weighted by molar-refractivity contribution is 0.0947. The third kappa shape index (κ3) is 1.23. The maximum atomic E-state index is 13.1. The number of alkyl halides is 2. The molecule has 2 unspecified atom stereocenters. The first kappa shape index (κ1) is 8.63. The second-order valence-corrected chi connectivity index (χ2v) is 3.41. The van der Waals surface area contributed by atoms with Gasteiger partial charge in [-0.15, -0.1) is 0 Å². The number of nitrogens with two attached hydrogens (primary N) is 1. The second-order valence-electron chi connectivity index (χ2n) is 3.41. The van der Waals surface area contributed by atoms with Crippen molar-refractivity contribution in [1.82, 2.24) is 0 Å². The van der Waals surface area contributed by atoms with Gasteiger partial charge in [0.1, 0.15) is 0 Å². The summed E-state index contributed by atoms with van der Waals surface area (Å²) in [4.78, 5) is 0. The molecule has 2 rings (SSSR count). The van der Waals surface area contributed by atoms with E-state index in [2.05, 4.69) is 0 Å². The molecule has 1 fully saturated rings. The van der Waals surface area contributed by atoms with Gasteiger partial charge in [-0.25, -0.2) is 8.78 Å². The smallest absolute Gasteiger partial charge is 0.260 e. The van der Waals surface area contributed by atoms with E-state index >= 15 is 0 Å². The molecule has 1 aliphatic rings. The minimum absolute atomic E-state index is 0.0621. The molecular formula is C10H11F2N. The lowest BCUT2D eigenvalue weighted by atomic mass is 10.1. The summed E-state index contributed by atoms with van der Waals surface area (Å²) >= 11 is 0. The number of rotatable bonds is 2. The van der Waals surface area contributed by atoms with Gasteiger partial charge in [0.2, 0.25) is 0 Å². The molecular weight excluding hydrogens is 172 g/mol. The molecule has 1 nitrogen and oxygen atoms in total. The standard InChI is InChI=1S/C10H11F2N/c11-10(12)8(6-13)9(10)7-4-2-1-3-5-7/h1-5,8-9H,6,13H2. The van der Waals surface area contributed by atoms with Crippen molar-refractivity contribution in [3.63, 3.8) is 0 Å². The van der Waals surface area contributed by atoms with Gasteiger partial charge in [0.15, 0.2) is 0 Å². The highest BCUT2D eigenvalue weighted by atomic mass is 19.3. The van der Waals surface area contributed by atoms with Gasteiger partial charge in [-0.05, 0) is 5.56 Å². The summed E-state index contributed by atoms with van der Waals surface area (Å²) in [6.07, 6.45) is 0. The summed E-state index contributed by atoms with van der Waals surface area (Å²) in [6, 6.07) is 8.83. The monoisotopic (exact) mass is 183 g/mol. The first-order valence-corrected chi connectivity index (χ1v) is 4.30. The third-order valence-corrected chi connectivity index (χ3v) is 2.61. The maximum Gasteiger partial charge on any atom is 0.260 e. The van der Waals surface area contributed by atoms with E-state index in [0.717, 1.165) is 0 Å². The summed E-state index contributed by atoms with van der Waals surface area (Å²) in [7, 11) is 0. The van der Waals surface area contributed by atoms with Crippen molar-refractivity contribution in [3.8, 4) is 0 Å². The Hall–Kier alpha value is -0.960. The highest BCUT2D eigenvalue weighted by molar-refractivity contribution is 5.32. The van der Waals surface area contributed by atoms with Crippen LogP contribution >= 0.6 is 0 Å². The maximum absolute atomic E-state index is 13.1. The quantitative estimate of drug-likeness (QED) is 0.745. The van der Waals surface area contributed by atoms with E-state index in [1.807, 2.05) is 6.07 Å². The molecule has 0 spiro atoms. The molecule has 3 heteroatoms. The van der Waals surface area contributed by atoms with E-state index in [1.165, 1.54) is 0 Å². The van der Waals surface area contributed by atoms with Gasteiger partial charge in [-0.2, -0.15) is 0 Å². The van der Waals surface area contributed by atoms with Crippen molar-refractivity contribution in [1.29, 1.82) is 0 Å². The average molecular weight is 183 g/mol. The topological polar surface area (TPSA) is 26.0 Å². The van der Waals surface area contributed by atoms with Crippen LogP contribution in [0.4, 0.5) is 8.78 Å². The summed E-state index contributed by atoms with van der Waals surface area (Å²) in [5.74, 6) is -3.90. The Morgan fingerprint density at radius 2 is 1.85 bits per heavy atom. The largest absolute Gasteiger partial charge is 0.330 e. The van der Waals surface area contributed by atoms with E-state index < -0.39 is 17.8 Å². The minimum Gasteiger partial charge on any atom is -0.330 e. The van der Waals surface area contributed by atoms with Crippen LogP contribution in [-0.2, 0) is 0 Å². The van der Waals surface area contributed by atoms with Gasteiger partial charge < -0.3 is 5.73 Å². The summed E-state index contributed by atoms with van der Waals surface area (Å²) in [5.41, 5.74) is 5.95. The average Bonchev–Trinajstić information content (AvgIpc) is 2.69. The van der Waals surface area contributed by atoms with E-state index in [1.54, 1.807) is 24.3 Å². The van der Waals surface area contributed by atoms with E-state index in [-0.39, 0.29) is 6.54 Å². The first-order chi connectivity index (χ1) is 6.18. The van der Waals surface area contributed by atoms with Gasteiger partial charge in [0, 0.05) is 12.5 Å². The van der Waals surface area contributed by atoms with Crippen LogP contribution in [-0.4, -0.2) is 12.5 Å². The molecule has 2 atom stereocenters. The molecule has 0 saturated heterocycles. The van der Waals surface area contributed by atoms with Crippen molar-refractivity contribution in [2.24, 2.45) is 11.7 Å². The van der Waals surface area contributed by atoms with Gasteiger partial charge in [-0.1, -0.05) is 30.3 Å². The fraction of sp³-hybridized carbons (Fsp3) is 0.400. The molecule has 0 aromatic heterocycles. The van der Waals surface area contributed by atoms with Crippen LogP contribution in [0.2, 0.25) is 0 Å². The van der Waals surface area contributed by atoms with E-state index in [9.17, 15) is 8.78 Å². The van der Waals surface area contributed by atoms with Crippen LogP contribution in [0.25, 0.3) is 0 Å². The lowest BCUT2D eigenvalue weighted by Gasteiger charge is -1.96. The zero-order chi connectivity index (χ0) is 9.47. The predicted molar refractivity (Wildman–Crippen MR) is 46.7 cm³/mol. The van der Waals surface area contributed by atoms with E-state index in [4.69, 9.17) is 5.73 Å². The van der Waals surface area contributed by atoms with Crippen LogP contribution in [0.5, 0.6) is 0 Å². The Labute approximate surface area is 75.6 Å². The fourth-order valence-electron chi connectivity index (χ4n) is 1.80. The molecule has 1 aromatic carbocycles. The Balaban J connectivity index is 2.22. The summed E-state index contributed by atoms with van der Waals surface area (Å²) in [5, 5.41) is 0. The van der Waals surface area contributed by atoms with Crippen LogP contribution < -0.4 is 5.73 Å². The zero-order valence-corrected chi connectivity index (χ0v) is 7.08. The van der Waals surface area contributed by atoms with Gasteiger partial charge in [0.05, 0.1) is 5.92 Å². The Kier molecular flexibility index (Phi) is 1.84. The van der Waals surface area contributed by atoms with Crippen LogP contribution in [0.15, 0.2) is 30.3 Å². The predicted octanol–water partition coefficient (Wildman–Crippen LogP) is 1.99. The highest BCUT2D eigenvalue weighted by Crippen LogP contribution is 2.60. The van der Waals surface area contributed by atoms with Crippen molar-refractivity contribution in [3.05, 3.63) is 35.9 Å². The number of hydrogen-bond donors (Lipinski definition) is 1. The second kappa shape index (κ2) is 2.77. The number of halogens is 2. The lowest BCUT2D eigenvalue weighted by Crippen LogP contribution is -2.06. The Morgan fingerprint density at radius 1 is 1.23 bits per heavy atom. The summed E-state index contributed by atoms with van der Waals surface area (Å²) < 4.78 is 26.1. The van der Waals surface area contributed by atoms with Crippen molar-refractivity contribution in [2.45, 2.75) is 11.8 Å². The van der Waals surface area contributed by atoms with Crippen molar-refractivity contribution in [2.75, 3.05) is 6.54 Å². The molecule has 0 heterocycles. The van der Waals surface area contributed by atoms with Gasteiger partial charge >= 0.3 is 0 Å². The number of benzene rings is 1. The molecule has 1 aliphatic carbocycles. The Morgan fingerprint density at radius 3 is 2.31 bits per heavy atom. The van der Waals surface area contributed by atoms with Crippen molar-refractivity contribution < 1.29 is 8.78 Å². The van der Waals surface area contributed by atoms with Crippen molar-refractivity contribution >= 4 is 0 Å². The molecule has 0 bridgehead atoms.